The van der Waals surface area contributed by atoms with Crippen molar-refractivity contribution in [3.63, 3.8) is 0 Å². The van der Waals surface area contributed by atoms with E-state index in [1.807, 2.05) is 18.2 Å². The lowest BCUT2D eigenvalue weighted by atomic mass is 10.1. The van der Waals surface area contributed by atoms with Gasteiger partial charge in [0.1, 0.15) is 0 Å². The van der Waals surface area contributed by atoms with Crippen LogP contribution in [0.25, 0.3) is 0 Å². The van der Waals surface area contributed by atoms with E-state index >= 15 is 0 Å². The Hall–Kier alpha value is -1.99. The maximum absolute atomic E-state index is 8.96. The largest absolute Gasteiger partial charge is 0.371 e. The fraction of sp³-hybridized carbons (Fsp3) is 0.188. The molecule has 3 nitrogen and oxygen atoms in total. The van der Waals surface area contributed by atoms with Crippen LogP contribution in [0.5, 0.6) is 0 Å². The summed E-state index contributed by atoms with van der Waals surface area (Å²) in [7, 11) is 2.12. The molecule has 20 heavy (non-hydrogen) atoms. The number of hydrogen-bond donors (Lipinski definition) is 0. The normalized spacial score (nSPS) is 13.8. The molecule has 1 aliphatic rings. The molecule has 0 spiro atoms. The minimum Gasteiger partial charge on any atom is -0.371 e. The molecule has 4 heteroatoms. The third-order valence-electron chi connectivity index (χ3n) is 3.61. The fourth-order valence-corrected chi connectivity index (χ4v) is 3.14. The maximum Gasteiger partial charge on any atom is 0.0992 e. The third-order valence-corrected chi connectivity index (χ3v) is 4.25. The number of para-hydroxylation sites is 2. The Kier molecular flexibility index (Phi) is 3.37. The Balaban J connectivity index is 2.08. The van der Waals surface area contributed by atoms with Gasteiger partial charge in [0.2, 0.25) is 0 Å². The van der Waals surface area contributed by atoms with Crippen molar-refractivity contribution in [2.75, 3.05) is 29.9 Å². The van der Waals surface area contributed by atoms with E-state index in [4.69, 9.17) is 5.26 Å². The molecular formula is C16H14BrN3. The minimum atomic E-state index is 0.669. The zero-order valence-corrected chi connectivity index (χ0v) is 12.8. The first-order valence-electron chi connectivity index (χ1n) is 6.48. The molecule has 0 N–H and O–H groups in total. The summed E-state index contributed by atoms with van der Waals surface area (Å²) in [4.78, 5) is 4.56. The average molecular weight is 328 g/mol. The van der Waals surface area contributed by atoms with Crippen molar-refractivity contribution in [1.29, 1.82) is 5.26 Å². The number of nitrogens with zero attached hydrogens (tertiary/aromatic N) is 3. The lowest BCUT2D eigenvalue weighted by Gasteiger charge is -2.37. The highest BCUT2D eigenvalue weighted by Gasteiger charge is 2.22. The van der Waals surface area contributed by atoms with Crippen molar-refractivity contribution in [3.8, 4) is 6.07 Å². The molecule has 0 saturated carbocycles. The zero-order chi connectivity index (χ0) is 14.1. The van der Waals surface area contributed by atoms with Crippen LogP contribution in [0.1, 0.15) is 5.56 Å². The van der Waals surface area contributed by atoms with Crippen molar-refractivity contribution in [2.45, 2.75) is 0 Å². The van der Waals surface area contributed by atoms with Gasteiger partial charge in [-0.1, -0.05) is 12.1 Å². The van der Waals surface area contributed by atoms with E-state index in [0.717, 1.165) is 23.2 Å². The standard InChI is InChI=1S/C16H14BrN3/c1-19-8-9-20(16-5-3-2-4-15(16)19)14-7-6-12(11-18)10-13(14)17/h2-7,10H,8-9H2,1H3. The predicted octanol–water partition coefficient (Wildman–Crippen LogP) is 3.91. The van der Waals surface area contributed by atoms with Crippen LogP contribution in [0, 0.1) is 11.3 Å². The van der Waals surface area contributed by atoms with Gasteiger partial charge in [-0.05, 0) is 46.3 Å². The summed E-state index contributed by atoms with van der Waals surface area (Å²) in [5.41, 5.74) is 4.20. The monoisotopic (exact) mass is 327 g/mol. The summed E-state index contributed by atoms with van der Waals surface area (Å²) in [6, 6.07) is 16.3. The number of halogens is 1. The summed E-state index contributed by atoms with van der Waals surface area (Å²) in [5, 5.41) is 8.96. The van der Waals surface area contributed by atoms with Crippen LogP contribution in [-0.2, 0) is 0 Å². The molecule has 0 radical (unpaired) electrons. The molecule has 1 heterocycles. The molecule has 0 aliphatic carbocycles. The van der Waals surface area contributed by atoms with Crippen molar-refractivity contribution in [1.82, 2.24) is 0 Å². The molecule has 1 aliphatic heterocycles. The zero-order valence-electron chi connectivity index (χ0n) is 11.2. The van der Waals surface area contributed by atoms with Crippen molar-refractivity contribution in [3.05, 3.63) is 52.5 Å². The highest BCUT2D eigenvalue weighted by Crippen LogP contribution is 2.39. The molecule has 0 saturated heterocycles. The van der Waals surface area contributed by atoms with E-state index in [0.29, 0.717) is 5.56 Å². The van der Waals surface area contributed by atoms with Crippen LogP contribution in [-0.4, -0.2) is 20.1 Å². The molecule has 0 aromatic heterocycles. The maximum atomic E-state index is 8.96. The van der Waals surface area contributed by atoms with Crippen LogP contribution in [0.15, 0.2) is 46.9 Å². The van der Waals surface area contributed by atoms with Crippen LogP contribution in [0.3, 0.4) is 0 Å². The molecule has 0 amide bonds. The van der Waals surface area contributed by atoms with Gasteiger partial charge >= 0.3 is 0 Å². The first kappa shape index (κ1) is 13.0. The second-order valence-corrected chi connectivity index (χ2v) is 5.69. The first-order chi connectivity index (χ1) is 9.70. The highest BCUT2D eigenvalue weighted by atomic mass is 79.9. The van der Waals surface area contributed by atoms with Gasteiger partial charge in [0, 0.05) is 24.6 Å². The summed E-state index contributed by atoms with van der Waals surface area (Å²) < 4.78 is 0.955. The Labute approximate surface area is 127 Å². The van der Waals surface area contributed by atoms with Crippen molar-refractivity contribution >= 4 is 33.0 Å². The van der Waals surface area contributed by atoms with Gasteiger partial charge in [-0.3, -0.25) is 0 Å². The number of hydrogen-bond acceptors (Lipinski definition) is 3. The Morgan fingerprint density at radius 3 is 2.50 bits per heavy atom. The summed E-state index contributed by atoms with van der Waals surface area (Å²) in [6.07, 6.45) is 0. The van der Waals surface area contributed by atoms with Crippen LogP contribution in [0.2, 0.25) is 0 Å². The third kappa shape index (κ3) is 2.14. The Bertz CT molecular complexity index is 690. The number of fused-ring (bicyclic) bond motifs is 1. The van der Waals surface area contributed by atoms with Crippen molar-refractivity contribution < 1.29 is 0 Å². The van der Waals surface area contributed by atoms with E-state index in [1.165, 1.54) is 11.4 Å². The number of nitriles is 1. The lowest BCUT2D eigenvalue weighted by molar-refractivity contribution is 0.821. The van der Waals surface area contributed by atoms with E-state index < -0.39 is 0 Å². The predicted molar refractivity (Wildman–Crippen MR) is 85.6 cm³/mol. The Morgan fingerprint density at radius 1 is 1.05 bits per heavy atom. The van der Waals surface area contributed by atoms with E-state index in [2.05, 4.69) is 63.1 Å². The smallest absolute Gasteiger partial charge is 0.0992 e. The van der Waals surface area contributed by atoms with E-state index in [1.54, 1.807) is 0 Å². The minimum absolute atomic E-state index is 0.669. The second kappa shape index (κ2) is 5.18. The van der Waals surface area contributed by atoms with Crippen LogP contribution >= 0.6 is 15.9 Å². The van der Waals surface area contributed by atoms with Crippen LogP contribution < -0.4 is 9.80 Å². The summed E-state index contributed by atoms with van der Waals surface area (Å²) in [6.45, 7) is 1.90. The molecule has 0 fully saturated rings. The van der Waals surface area contributed by atoms with Crippen molar-refractivity contribution in [2.24, 2.45) is 0 Å². The van der Waals surface area contributed by atoms with Gasteiger partial charge < -0.3 is 9.80 Å². The molecule has 2 aromatic carbocycles. The number of benzene rings is 2. The van der Waals surface area contributed by atoms with Gasteiger partial charge in [0.05, 0.1) is 28.7 Å². The van der Waals surface area contributed by atoms with Gasteiger partial charge in [-0.25, -0.2) is 0 Å². The van der Waals surface area contributed by atoms with Gasteiger partial charge in [0.25, 0.3) is 0 Å². The van der Waals surface area contributed by atoms with Gasteiger partial charge in [-0.15, -0.1) is 0 Å². The quantitative estimate of drug-likeness (QED) is 0.795. The molecule has 0 bridgehead atoms. The molecule has 100 valence electrons. The molecule has 0 atom stereocenters. The first-order valence-corrected chi connectivity index (χ1v) is 7.27. The molecule has 0 unspecified atom stereocenters. The Morgan fingerprint density at radius 2 is 1.80 bits per heavy atom. The fourth-order valence-electron chi connectivity index (χ4n) is 2.55. The molecule has 2 aromatic rings. The second-order valence-electron chi connectivity index (χ2n) is 4.84. The van der Waals surface area contributed by atoms with Gasteiger partial charge in [-0.2, -0.15) is 5.26 Å². The summed E-state index contributed by atoms with van der Waals surface area (Å²) in [5.74, 6) is 0. The molecule has 3 rings (SSSR count). The number of anilines is 3. The number of rotatable bonds is 1. The highest BCUT2D eigenvalue weighted by molar-refractivity contribution is 9.10. The van der Waals surface area contributed by atoms with Crippen LogP contribution in [0.4, 0.5) is 17.1 Å². The molecular weight excluding hydrogens is 314 g/mol. The lowest BCUT2D eigenvalue weighted by Crippen LogP contribution is -2.36. The summed E-state index contributed by atoms with van der Waals surface area (Å²) >= 11 is 3.58. The van der Waals surface area contributed by atoms with E-state index in [9.17, 15) is 0 Å². The average Bonchev–Trinajstić information content (AvgIpc) is 2.48. The van der Waals surface area contributed by atoms with Gasteiger partial charge in [0.15, 0.2) is 0 Å². The topological polar surface area (TPSA) is 30.3 Å². The van der Waals surface area contributed by atoms with E-state index in [-0.39, 0.29) is 0 Å². The number of likely N-dealkylation sites (N-methyl/N-ethyl adjacent to an activating group) is 1. The SMILES string of the molecule is CN1CCN(c2ccc(C#N)cc2Br)c2ccccc21.